The van der Waals surface area contributed by atoms with Crippen LogP contribution in [-0.4, -0.2) is 46.7 Å². The molecular weight excluding hydrogens is 845 g/mol. The first kappa shape index (κ1) is 41.9. The monoisotopic (exact) mass is 870 g/mol. The highest BCUT2D eigenvalue weighted by atomic mass is 32.2. The van der Waals surface area contributed by atoms with Crippen molar-refractivity contribution in [1.29, 1.82) is 0 Å². The quantitative estimate of drug-likeness (QED) is 0.00962. The minimum Gasteiger partial charge on any atom is -0.505 e. The van der Waals surface area contributed by atoms with Crippen LogP contribution in [0, 0.1) is 0 Å². The maximum absolute atomic E-state index is 12.5. The van der Waals surface area contributed by atoms with Crippen LogP contribution in [0.25, 0.3) is 33.7 Å². The molecule has 0 bridgehead atoms. The molecule has 0 aliphatic carbocycles. The first-order valence-corrected chi connectivity index (χ1v) is 20.1. The van der Waals surface area contributed by atoms with Gasteiger partial charge in [0.1, 0.15) is 21.2 Å². The van der Waals surface area contributed by atoms with Crippen LogP contribution in [0.15, 0.2) is 125 Å². The zero-order valence-corrected chi connectivity index (χ0v) is 32.0. The van der Waals surface area contributed by atoms with Gasteiger partial charge in [0.15, 0.2) is 11.5 Å². The van der Waals surface area contributed by atoms with Crippen molar-refractivity contribution in [1.82, 2.24) is 0 Å². The Morgan fingerprint density at radius 2 is 1.05 bits per heavy atom. The highest BCUT2D eigenvalue weighted by Crippen LogP contribution is 2.45. The lowest BCUT2D eigenvalue weighted by atomic mass is 10.1. The molecule has 0 unspecified atom stereocenters. The van der Waals surface area contributed by atoms with Gasteiger partial charge in [0.05, 0.1) is 40.4 Å². The lowest BCUT2D eigenvalue weighted by Gasteiger charge is -2.10. The largest absolute Gasteiger partial charge is 0.505 e. The van der Waals surface area contributed by atoms with Gasteiger partial charge >= 0.3 is 0 Å². The van der Waals surface area contributed by atoms with Crippen LogP contribution in [0.4, 0.5) is 34.1 Å². The third-order valence-corrected chi connectivity index (χ3v) is 11.0. The molecule has 0 amide bonds. The van der Waals surface area contributed by atoms with Gasteiger partial charge in [0, 0.05) is 27.0 Å². The van der Waals surface area contributed by atoms with Crippen molar-refractivity contribution in [3.63, 3.8) is 0 Å². The highest BCUT2D eigenvalue weighted by Gasteiger charge is 2.23. The zero-order valence-electron chi connectivity index (χ0n) is 28.8. The summed E-state index contributed by atoms with van der Waals surface area (Å²) in [4.78, 5) is -1.03. The average molecular weight is 871 g/mol. The molecule has 58 heavy (non-hydrogen) atoms. The van der Waals surface area contributed by atoms with Crippen molar-refractivity contribution in [2.75, 3.05) is 11.5 Å². The van der Waals surface area contributed by atoms with Crippen LogP contribution < -0.4 is 11.5 Å². The molecule has 0 aromatic heterocycles. The van der Waals surface area contributed by atoms with Crippen LogP contribution in [0.3, 0.4) is 0 Å². The summed E-state index contributed by atoms with van der Waals surface area (Å²) in [6, 6.07) is 19.4. The summed E-state index contributed by atoms with van der Waals surface area (Å²) in [5.41, 5.74) is 11.8. The van der Waals surface area contributed by atoms with E-state index in [1.165, 1.54) is 60.7 Å². The summed E-state index contributed by atoms with van der Waals surface area (Å²) >= 11 is 1.05. The number of phenols is 2. The number of hydrogen-bond acceptors (Lipinski definition) is 20. The number of nitrogens with zero attached hydrogens (tertiary/aromatic N) is 4. The molecule has 6 aromatic rings. The van der Waals surface area contributed by atoms with Crippen molar-refractivity contribution in [3.8, 4) is 11.5 Å². The molecule has 0 aliphatic rings. The number of phenolic OH excluding ortho intramolecular Hbond substituents is 2. The molecule has 6 aromatic carbocycles. The fourth-order valence-corrected chi connectivity index (χ4v) is 7.80. The van der Waals surface area contributed by atoms with Gasteiger partial charge in [-0.1, -0.05) is 34.4 Å². The van der Waals surface area contributed by atoms with Gasteiger partial charge in [0.25, 0.3) is 20.2 Å². The lowest BCUT2D eigenvalue weighted by molar-refractivity contribution is -0.432. The molecule has 0 aliphatic heterocycles. The maximum atomic E-state index is 12.5. The Hall–Kier alpha value is -5.74. The summed E-state index contributed by atoms with van der Waals surface area (Å²) in [5, 5.41) is 63.9. The van der Waals surface area contributed by atoms with Crippen LogP contribution in [0.5, 0.6) is 11.5 Å². The molecule has 0 saturated heterocycles. The van der Waals surface area contributed by atoms with Crippen molar-refractivity contribution in [3.05, 3.63) is 96.1 Å². The second kappa shape index (κ2) is 17.4. The summed E-state index contributed by atoms with van der Waals surface area (Å²) in [6.07, 6.45) is 2.71. The van der Waals surface area contributed by atoms with E-state index in [9.17, 15) is 36.2 Å². The standard InChI is InChI=1S/C34H26N6O14S4/c35-21-5-9-25-19(11-21)13-28(56-54-52-44)31(33(25)41)39-37-23-7-3-17(27(15-23)55-53-51-43)1-2-18-4-8-24(16-29(18)57(45,46)47)38-40-32-30(58(48,49)50)14-20-12-22(36)6-10-26(20)34(32)42/h1-16,41-44H,35-36H2,(H,45,46,47)(H,48,49,50). The maximum Gasteiger partial charge on any atom is 0.296 e. The molecule has 20 nitrogen and oxygen atoms in total. The smallest absolute Gasteiger partial charge is 0.296 e. The number of rotatable bonds is 14. The van der Waals surface area contributed by atoms with Gasteiger partial charge in [-0.05, 0) is 94.7 Å². The third kappa shape index (κ3) is 9.51. The molecule has 24 heteroatoms. The topological polar surface area (TPSA) is 328 Å². The number of fused-ring (bicyclic) bond motifs is 2. The second-order valence-corrected chi connectivity index (χ2v) is 15.9. The zero-order chi connectivity index (χ0) is 41.8. The van der Waals surface area contributed by atoms with E-state index in [2.05, 4.69) is 39.2 Å². The molecule has 0 saturated carbocycles. The van der Waals surface area contributed by atoms with Gasteiger partial charge in [-0.15, -0.1) is 18.9 Å². The number of nitrogen functional groups attached to an aromatic ring is 2. The van der Waals surface area contributed by atoms with Crippen LogP contribution in [0.1, 0.15) is 11.1 Å². The number of azo groups is 2. The Bertz CT molecular complexity index is 2890. The molecule has 0 radical (unpaired) electrons. The van der Waals surface area contributed by atoms with Gasteiger partial charge in [-0.25, -0.2) is 10.5 Å². The Kier molecular flexibility index (Phi) is 12.6. The minimum atomic E-state index is -4.95. The Morgan fingerprint density at radius 3 is 1.64 bits per heavy atom. The molecule has 0 fully saturated rings. The van der Waals surface area contributed by atoms with E-state index < -0.39 is 41.5 Å². The first-order valence-electron chi connectivity index (χ1n) is 15.7. The number of nitrogens with two attached hydrogens (primary N) is 2. The number of benzene rings is 6. The molecule has 0 heterocycles. The molecule has 0 spiro atoms. The average Bonchev–Trinajstić information content (AvgIpc) is 3.17. The van der Waals surface area contributed by atoms with E-state index in [4.69, 9.17) is 22.0 Å². The fourth-order valence-electron chi connectivity index (χ4n) is 5.43. The number of aromatic hydroxyl groups is 2. The van der Waals surface area contributed by atoms with E-state index in [-0.39, 0.29) is 54.6 Å². The summed E-state index contributed by atoms with van der Waals surface area (Å²) in [6.45, 7) is 0. The fraction of sp³-hybridized carbons (Fsp3) is 0. The van der Waals surface area contributed by atoms with Crippen LogP contribution in [-0.2, 0) is 39.0 Å². The summed E-state index contributed by atoms with van der Waals surface area (Å²) in [7, 11) is -9.88. The molecular formula is C34H26N6O14S4. The van der Waals surface area contributed by atoms with E-state index in [0.717, 1.165) is 12.1 Å². The highest BCUT2D eigenvalue weighted by molar-refractivity contribution is 7.95. The van der Waals surface area contributed by atoms with Gasteiger partial charge < -0.3 is 21.7 Å². The molecule has 0 atom stereocenters. The van der Waals surface area contributed by atoms with Gasteiger partial charge in [0.2, 0.25) is 0 Å². The molecule has 300 valence electrons. The van der Waals surface area contributed by atoms with Gasteiger partial charge in [-0.2, -0.15) is 27.1 Å². The Labute approximate surface area is 335 Å². The third-order valence-electron chi connectivity index (χ3n) is 7.98. The van der Waals surface area contributed by atoms with Crippen molar-refractivity contribution >= 4 is 112 Å². The van der Waals surface area contributed by atoms with Gasteiger partial charge in [-0.3, -0.25) is 9.11 Å². The second-order valence-electron chi connectivity index (χ2n) is 11.7. The normalized spacial score (nSPS) is 12.6. The molecule has 10 N–H and O–H groups in total. The van der Waals surface area contributed by atoms with E-state index in [1.54, 1.807) is 24.3 Å². The summed E-state index contributed by atoms with van der Waals surface area (Å²) < 4.78 is 78.4. The van der Waals surface area contributed by atoms with Crippen molar-refractivity contribution in [2.24, 2.45) is 20.5 Å². The SMILES string of the molecule is Nc1ccc2c(O)c(N=Nc3ccc(C=Cc4ccc(N=Nc5c(S(=O)(=O)O)cc6cc(N)ccc6c5O)cc4S(=O)(=O)O)c(SOOO)c3)c(SOOO)cc2c1. The van der Waals surface area contributed by atoms with Crippen LogP contribution >= 0.6 is 24.1 Å². The van der Waals surface area contributed by atoms with Crippen LogP contribution in [0.2, 0.25) is 0 Å². The van der Waals surface area contributed by atoms with Crippen molar-refractivity contribution in [2.45, 2.75) is 19.6 Å². The Morgan fingerprint density at radius 1 is 0.552 bits per heavy atom. The summed E-state index contributed by atoms with van der Waals surface area (Å²) in [5.74, 6) is -0.955. The predicted octanol–water partition coefficient (Wildman–Crippen LogP) is 8.92. The Balaban J connectivity index is 1.33. The number of hydrogen-bond donors (Lipinski definition) is 8. The van der Waals surface area contributed by atoms with Crippen molar-refractivity contribution < 1.29 is 65.4 Å². The predicted molar refractivity (Wildman–Crippen MR) is 211 cm³/mol. The number of anilines is 2. The molecule has 6 rings (SSSR count). The first-order chi connectivity index (χ1) is 27.6. The van der Waals surface area contributed by atoms with E-state index >= 15 is 0 Å². The minimum absolute atomic E-state index is 0.0575. The van der Waals surface area contributed by atoms with E-state index in [1.807, 2.05) is 0 Å². The lowest BCUT2D eigenvalue weighted by Crippen LogP contribution is -2.00. The van der Waals surface area contributed by atoms with E-state index in [0.29, 0.717) is 46.1 Å².